The molecule has 2 N–H and O–H groups in total. The molecule has 0 fully saturated rings. The van der Waals surface area contributed by atoms with E-state index in [0.717, 1.165) is 11.4 Å². The van der Waals surface area contributed by atoms with Gasteiger partial charge < -0.3 is 24.8 Å². The number of rotatable bonds is 7. The number of hydrogen-bond donors (Lipinski definition) is 2. The number of ether oxygens (including phenoxy) is 3. The van der Waals surface area contributed by atoms with E-state index in [1.807, 2.05) is 13.1 Å². The van der Waals surface area contributed by atoms with Crippen LogP contribution in [0.3, 0.4) is 0 Å². The van der Waals surface area contributed by atoms with Crippen LogP contribution < -0.4 is 24.8 Å². The third kappa shape index (κ3) is 6.06. The molecule has 0 unspecified atom stereocenters. The van der Waals surface area contributed by atoms with Gasteiger partial charge in [0, 0.05) is 49.3 Å². The number of aromatic nitrogens is 1. The van der Waals surface area contributed by atoms with Crippen LogP contribution in [-0.4, -0.2) is 37.9 Å². The van der Waals surface area contributed by atoms with Crippen LogP contribution in [0.1, 0.15) is 15.4 Å². The molecular weight excluding hydrogens is 505 g/mol. The lowest BCUT2D eigenvalue weighted by Gasteiger charge is -2.15. The SMILES string of the molecule is CN=C(NCCc1ncc(C)s1)NCc1cc2c(cc1OC(F)F)OCO2.I. The molecule has 7 nitrogen and oxygen atoms in total. The largest absolute Gasteiger partial charge is 0.454 e. The molecule has 11 heteroatoms. The molecule has 1 aromatic heterocycles. The number of hydrogen-bond acceptors (Lipinski definition) is 6. The van der Waals surface area contributed by atoms with E-state index < -0.39 is 6.61 Å². The van der Waals surface area contributed by atoms with Crippen molar-refractivity contribution >= 4 is 41.3 Å². The smallest absolute Gasteiger partial charge is 0.387 e. The van der Waals surface area contributed by atoms with Crippen LogP contribution in [0.25, 0.3) is 0 Å². The molecule has 2 heterocycles. The van der Waals surface area contributed by atoms with E-state index in [1.165, 1.54) is 10.9 Å². The highest BCUT2D eigenvalue weighted by atomic mass is 127. The van der Waals surface area contributed by atoms with Crippen molar-refractivity contribution in [1.82, 2.24) is 15.6 Å². The molecule has 0 atom stereocenters. The lowest BCUT2D eigenvalue weighted by Crippen LogP contribution is -2.37. The first-order valence-corrected chi connectivity index (χ1v) is 9.10. The number of thiazole rings is 1. The molecule has 1 aliphatic rings. The van der Waals surface area contributed by atoms with Gasteiger partial charge in [0.2, 0.25) is 6.79 Å². The van der Waals surface area contributed by atoms with Crippen LogP contribution in [0.2, 0.25) is 0 Å². The quantitative estimate of drug-likeness (QED) is 0.328. The molecule has 28 heavy (non-hydrogen) atoms. The van der Waals surface area contributed by atoms with Crippen molar-refractivity contribution in [3.05, 3.63) is 33.8 Å². The molecular formula is C17H21F2IN4O3S. The maximum absolute atomic E-state index is 12.7. The Labute approximate surface area is 182 Å². The topological polar surface area (TPSA) is 77.0 Å². The van der Waals surface area contributed by atoms with Crippen molar-refractivity contribution in [3.8, 4) is 17.2 Å². The molecule has 2 aromatic rings. The first-order chi connectivity index (χ1) is 13.0. The minimum absolute atomic E-state index is 0. The third-order valence-electron chi connectivity index (χ3n) is 3.74. The third-order valence-corrected chi connectivity index (χ3v) is 4.71. The highest BCUT2D eigenvalue weighted by molar-refractivity contribution is 14.0. The lowest BCUT2D eigenvalue weighted by atomic mass is 10.1. The van der Waals surface area contributed by atoms with Crippen molar-refractivity contribution in [2.75, 3.05) is 20.4 Å². The van der Waals surface area contributed by atoms with Gasteiger partial charge in [0.15, 0.2) is 17.5 Å². The lowest BCUT2D eigenvalue weighted by molar-refractivity contribution is -0.0505. The molecule has 1 aliphatic heterocycles. The fourth-order valence-corrected chi connectivity index (χ4v) is 3.30. The van der Waals surface area contributed by atoms with E-state index >= 15 is 0 Å². The van der Waals surface area contributed by atoms with Gasteiger partial charge in [-0.1, -0.05) is 0 Å². The summed E-state index contributed by atoms with van der Waals surface area (Å²) in [7, 11) is 1.64. The molecule has 0 saturated heterocycles. The number of aliphatic imine (C=N–C) groups is 1. The summed E-state index contributed by atoms with van der Waals surface area (Å²) < 4.78 is 40.5. The highest BCUT2D eigenvalue weighted by Crippen LogP contribution is 2.38. The Hall–Kier alpha value is -1.89. The fraction of sp³-hybridized carbons (Fsp3) is 0.412. The van der Waals surface area contributed by atoms with Crippen molar-refractivity contribution in [1.29, 1.82) is 0 Å². The number of nitrogens with one attached hydrogen (secondary N) is 2. The first kappa shape index (κ1) is 22.4. The Morgan fingerprint density at radius 2 is 2.07 bits per heavy atom. The summed E-state index contributed by atoms with van der Waals surface area (Å²) in [4.78, 5) is 9.61. The number of fused-ring (bicyclic) bond motifs is 1. The van der Waals surface area contributed by atoms with Crippen molar-refractivity contribution in [2.24, 2.45) is 4.99 Å². The molecule has 0 aliphatic carbocycles. The van der Waals surface area contributed by atoms with Gasteiger partial charge in [-0.25, -0.2) is 4.98 Å². The Morgan fingerprint density at radius 3 is 2.71 bits per heavy atom. The maximum Gasteiger partial charge on any atom is 0.387 e. The van der Waals surface area contributed by atoms with Gasteiger partial charge in [0.05, 0.1) is 5.01 Å². The molecule has 0 bridgehead atoms. The van der Waals surface area contributed by atoms with E-state index in [0.29, 0.717) is 29.6 Å². The number of alkyl halides is 2. The molecule has 0 saturated carbocycles. The number of benzene rings is 1. The minimum Gasteiger partial charge on any atom is -0.454 e. The molecule has 0 spiro atoms. The molecule has 154 valence electrons. The van der Waals surface area contributed by atoms with Crippen LogP contribution in [-0.2, 0) is 13.0 Å². The molecule has 3 rings (SSSR count). The summed E-state index contributed by atoms with van der Waals surface area (Å²) in [6.07, 6.45) is 2.61. The summed E-state index contributed by atoms with van der Waals surface area (Å²) >= 11 is 1.65. The van der Waals surface area contributed by atoms with E-state index in [9.17, 15) is 8.78 Å². The summed E-state index contributed by atoms with van der Waals surface area (Å²) in [5.41, 5.74) is 0.512. The Kier molecular flexibility index (Phi) is 8.48. The van der Waals surface area contributed by atoms with Gasteiger partial charge in [0.25, 0.3) is 0 Å². The second-order valence-electron chi connectivity index (χ2n) is 5.66. The average Bonchev–Trinajstić information content (AvgIpc) is 3.25. The summed E-state index contributed by atoms with van der Waals surface area (Å²) in [5, 5.41) is 7.29. The first-order valence-electron chi connectivity index (χ1n) is 8.28. The van der Waals surface area contributed by atoms with Crippen LogP contribution in [0, 0.1) is 6.92 Å². The van der Waals surface area contributed by atoms with E-state index in [4.69, 9.17) is 9.47 Å². The van der Waals surface area contributed by atoms with Crippen LogP contribution in [0.4, 0.5) is 8.78 Å². The predicted molar refractivity (Wildman–Crippen MR) is 113 cm³/mol. The van der Waals surface area contributed by atoms with Crippen LogP contribution in [0.15, 0.2) is 23.3 Å². The zero-order valence-electron chi connectivity index (χ0n) is 15.3. The van der Waals surface area contributed by atoms with Gasteiger partial charge in [-0.3, -0.25) is 4.99 Å². The highest BCUT2D eigenvalue weighted by Gasteiger charge is 2.20. The molecule has 0 radical (unpaired) electrons. The standard InChI is InChI=1S/C17H20F2N4O3S.HI/c1-10-7-22-15(27-10)3-4-21-17(20-2)23-8-11-5-13-14(25-9-24-13)6-12(11)26-16(18)19;/h5-7,16H,3-4,8-9H2,1-2H3,(H2,20,21,23);1H. The Morgan fingerprint density at radius 1 is 1.32 bits per heavy atom. The minimum atomic E-state index is -2.93. The normalized spacial score (nSPS) is 12.7. The monoisotopic (exact) mass is 526 g/mol. The van der Waals surface area contributed by atoms with Gasteiger partial charge in [0.1, 0.15) is 5.75 Å². The molecule has 0 amide bonds. The maximum atomic E-state index is 12.7. The molecule has 1 aromatic carbocycles. The number of guanidine groups is 1. The predicted octanol–water partition coefficient (Wildman–Crippen LogP) is 3.31. The van der Waals surface area contributed by atoms with Gasteiger partial charge >= 0.3 is 6.61 Å². The Balaban J connectivity index is 0.00000280. The van der Waals surface area contributed by atoms with Gasteiger partial charge in [-0.2, -0.15) is 8.78 Å². The summed E-state index contributed by atoms with van der Waals surface area (Å²) in [6, 6.07) is 3.03. The van der Waals surface area contributed by atoms with Crippen molar-refractivity contribution in [2.45, 2.75) is 26.5 Å². The van der Waals surface area contributed by atoms with Gasteiger partial charge in [-0.05, 0) is 13.0 Å². The number of aryl methyl sites for hydroxylation is 1. The van der Waals surface area contributed by atoms with Crippen molar-refractivity contribution in [3.63, 3.8) is 0 Å². The summed E-state index contributed by atoms with van der Waals surface area (Å²) in [5.74, 6) is 1.46. The number of halogens is 3. The number of nitrogens with zero attached hydrogens (tertiary/aromatic N) is 2. The summed E-state index contributed by atoms with van der Waals surface area (Å²) in [6.45, 7) is 0.0191. The second kappa shape index (κ2) is 10.6. The zero-order valence-corrected chi connectivity index (χ0v) is 18.5. The van der Waals surface area contributed by atoms with Gasteiger partial charge in [-0.15, -0.1) is 35.3 Å². The Bertz CT molecular complexity index is 820. The van der Waals surface area contributed by atoms with E-state index in [1.54, 1.807) is 24.5 Å². The fourth-order valence-electron chi connectivity index (χ4n) is 2.51. The second-order valence-corrected chi connectivity index (χ2v) is 6.98. The van der Waals surface area contributed by atoms with Crippen LogP contribution >= 0.6 is 35.3 Å². The van der Waals surface area contributed by atoms with E-state index in [-0.39, 0.29) is 43.1 Å². The van der Waals surface area contributed by atoms with Crippen molar-refractivity contribution < 1.29 is 23.0 Å². The average molecular weight is 526 g/mol. The van der Waals surface area contributed by atoms with E-state index in [2.05, 4.69) is 25.3 Å². The van der Waals surface area contributed by atoms with Crippen LogP contribution in [0.5, 0.6) is 17.2 Å². The zero-order chi connectivity index (χ0) is 19.2.